The molecular weight excluding hydrogens is 322 g/mol. The van der Waals surface area contributed by atoms with Crippen molar-refractivity contribution in [2.75, 3.05) is 6.61 Å². The third kappa shape index (κ3) is 18.7. The van der Waals surface area contributed by atoms with E-state index in [1.54, 1.807) is 6.92 Å². The summed E-state index contributed by atoms with van der Waals surface area (Å²) >= 11 is 0. The number of carbonyl (C=O) groups is 1. The highest BCUT2D eigenvalue weighted by Gasteiger charge is 2.04. The Morgan fingerprint density at radius 1 is 0.846 bits per heavy atom. The fourth-order valence-corrected chi connectivity index (χ4v) is 2.33. The second-order valence-electron chi connectivity index (χ2n) is 6.63. The fraction of sp³-hybridized carbons (Fsp3) is 0.609. The largest absolute Gasteiger partial charge is 0.394 e. The second-order valence-corrected chi connectivity index (χ2v) is 6.63. The molecule has 0 fully saturated rings. The van der Waals surface area contributed by atoms with Gasteiger partial charge in [0.2, 0.25) is 5.91 Å². The molecule has 0 aliphatic heterocycles. The maximum atomic E-state index is 11.5. The molecule has 26 heavy (non-hydrogen) atoms. The molecule has 0 aliphatic rings. The van der Waals surface area contributed by atoms with Gasteiger partial charge in [0.25, 0.3) is 0 Å². The number of hydrogen-bond donors (Lipinski definition) is 2. The highest BCUT2D eigenvalue weighted by atomic mass is 16.3. The number of aliphatic hydroxyl groups excluding tert-OH is 1. The van der Waals surface area contributed by atoms with Gasteiger partial charge in [0.15, 0.2) is 0 Å². The summed E-state index contributed by atoms with van der Waals surface area (Å²) in [4.78, 5) is 11.5. The van der Waals surface area contributed by atoms with Crippen molar-refractivity contribution >= 4 is 5.91 Å². The third-order valence-corrected chi connectivity index (χ3v) is 3.91. The van der Waals surface area contributed by atoms with Gasteiger partial charge in [0.05, 0.1) is 6.61 Å². The zero-order valence-corrected chi connectivity index (χ0v) is 16.8. The average molecular weight is 362 g/mol. The first-order chi connectivity index (χ1) is 12.7. The molecule has 0 bridgehead atoms. The minimum Gasteiger partial charge on any atom is -0.394 e. The van der Waals surface area contributed by atoms with E-state index in [1.807, 2.05) is 0 Å². The van der Waals surface area contributed by atoms with Gasteiger partial charge in [-0.25, -0.2) is 0 Å². The molecule has 148 valence electrons. The van der Waals surface area contributed by atoms with Crippen LogP contribution in [-0.4, -0.2) is 23.7 Å². The van der Waals surface area contributed by atoms with Crippen LogP contribution in [-0.2, 0) is 4.79 Å². The first-order valence-corrected chi connectivity index (χ1v) is 10.2. The van der Waals surface area contributed by atoms with Crippen LogP contribution in [0, 0.1) is 0 Å². The highest BCUT2D eigenvalue weighted by Crippen LogP contribution is 2.01. The number of carbonyl (C=O) groups excluding carboxylic acids is 1. The molecule has 3 nitrogen and oxygen atoms in total. The Bertz CT molecular complexity index is 435. The van der Waals surface area contributed by atoms with E-state index in [2.05, 4.69) is 60.8 Å². The second kappa shape index (κ2) is 19.7. The van der Waals surface area contributed by atoms with Crippen LogP contribution in [0.2, 0.25) is 0 Å². The first kappa shape index (κ1) is 24.4. The van der Waals surface area contributed by atoms with Crippen molar-refractivity contribution in [2.24, 2.45) is 0 Å². The molecular formula is C23H39NO2. The van der Waals surface area contributed by atoms with Crippen LogP contribution >= 0.6 is 0 Å². The minimum atomic E-state index is -0.154. The minimum absolute atomic E-state index is 0.0110. The number of unbranched alkanes of at least 4 members (excludes halogenated alkanes) is 4. The Morgan fingerprint density at radius 2 is 1.35 bits per heavy atom. The quantitative estimate of drug-likeness (QED) is 0.276. The van der Waals surface area contributed by atoms with E-state index < -0.39 is 0 Å². The Kier molecular flexibility index (Phi) is 18.5. The topological polar surface area (TPSA) is 49.3 Å². The predicted octanol–water partition coefficient (Wildman–Crippen LogP) is 5.63. The first-order valence-electron chi connectivity index (χ1n) is 10.2. The van der Waals surface area contributed by atoms with Gasteiger partial charge in [-0.2, -0.15) is 0 Å². The van der Waals surface area contributed by atoms with Gasteiger partial charge in [-0.3, -0.25) is 4.79 Å². The summed E-state index contributed by atoms with van der Waals surface area (Å²) in [6, 6.07) is -0.154. The van der Waals surface area contributed by atoms with Gasteiger partial charge in [0.1, 0.15) is 0 Å². The summed E-state index contributed by atoms with van der Waals surface area (Å²) < 4.78 is 0. The predicted molar refractivity (Wildman–Crippen MR) is 113 cm³/mol. The lowest BCUT2D eigenvalue weighted by Crippen LogP contribution is -2.34. The summed E-state index contributed by atoms with van der Waals surface area (Å²) in [5.41, 5.74) is 0. The molecule has 0 aliphatic carbocycles. The van der Waals surface area contributed by atoms with E-state index in [0.29, 0.717) is 6.42 Å². The maximum Gasteiger partial charge on any atom is 0.220 e. The molecule has 0 aromatic carbocycles. The van der Waals surface area contributed by atoms with Crippen LogP contribution in [0.15, 0.2) is 48.6 Å². The number of nitrogens with one attached hydrogen (secondary N) is 1. The molecule has 2 N–H and O–H groups in total. The normalized spacial score (nSPS) is 13.5. The smallest absolute Gasteiger partial charge is 0.220 e. The van der Waals surface area contributed by atoms with Gasteiger partial charge in [-0.15, -0.1) is 0 Å². The van der Waals surface area contributed by atoms with Crippen molar-refractivity contribution in [2.45, 2.75) is 84.1 Å². The Morgan fingerprint density at radius 3 is 1.85 bits per heavy atom. The number of aliphatic hydroxyl groups is 1. The lowest BCUT2D eigenvalue weighted by molar-refractivity contribution is -0.122. The molecule has 0 radical (unpaired) electrons. The zero-order chi connectivity index (χ0) is 19.3. The monoisotopic (exact) mass is 361 g/mol. The number of rotatable bonds is 16. The van der Waals surface area contributed by atoms with Crippen LogP contribution in [0.4, 0.5) is 0 Å². The molecule has 0 spiro atoms. The van der Waals surface area contributed by atoms with E-state index in [9.17, 15) is 4.79 Å². The molecule has 3 heteroatoms. The molecule has 0 saturated carbocycles. The highest BCUT2D eigenvalue weighted by molar-refractivity contribution is 5.76. The standard InChI is InChI=1S/C23H39NO2/c1-3-4-5-6-7-8-9-10-11-12-13-14-15-16-17-18-19-20-23(26)24-22(2)21-25/h7-8,10-11,13-14,16-17,22,25H,3-6,9,12,15,18-21H2,1-2H3,(H,24,26)/t22-/m0/s1. The number of allylic oxidation sites excluding steroid dienone is 8. The van der Waals surface area contributed by atoms with Crippen molar-refractivity contribution in [3.63, 3.8) is 0 Å². The summed E-state index contributed by atoms with van der Waals surface area (Å²) in [6.45, 7) is 4.02. The van der Waals surface area contributed by atoms with E-state index >= 15 is 0 Å². The molecule has 0 aromatic rings. The van der Waals surface area contributed by atoms with E-state index in [-0.39, 0.29) is 18.6 Å². The Labute approximate surface area is 161 Å². The Hall–Kier alpha value is -1.61. The van der Waals surface area contributed by atoms with Gasteiger partial charge in [-0.1, -0.05) is 68.4 Å². The zero-order valence-electron chi connectivity index (χ0n) is 16.8. The number of amides is 1. The van der Waals surface area contributed by atoms with E-state index in [1.165, 1.54) is 25.7 Å². The average Bonchev–Trinajstić information content (AvgIpc) is 2.64. The Balaban J connectivity index is 3.50. The van der Waals surface area contributed by atoms with Crippen LogP contribution in [0.3, 0.4) is 0 Å². The number of hydrogen-bond acceptors (Lipinski definition) is 2. The third-order valence-electron chi connectivity index (χ3n) is 3.91. The molecule has 1 amide bonds. The molecule has 0 rings (SSSR count). The van der Waals surface area contributed by atoms with Crippen LogP contribution < -0.4 is 5.32 Å². The van der Waals surface area contributed by atoms with Gasteiger partial charge >= 0.3 is 0 Å². The van der Waals surface area contributed by atoms with Gasteiger partial charge in [0, 0.05) is 12.5 Å². The molecule has 0 unspecified atom stereocenters. The molecule has 0 heterocycles. The van der Waals surface area contributed by atoms with Crippen molar-refractivity contribution in [3.8, 4) is 0 Å². The lowest BCUT2D eigenvalue weighted by atomic mass is 10.2. The molecule has 0 saturated heterocycles. The van der Waals surface area contributed by atoms with Crippen molar-refractivity contribution in [1.82, 2.24) is 5.32 Å². The van der Waals surface area contributed by atoms with Gasteiger partial charge < -0.3 is 10.4 Å². The van der Waals surface area contributed by atoms with E-state index in [4.69, 9.17) is 5.11 Å². The van der Waals surface area contributed by atoms with Crippen molar-refractivity contribution in [1.29, 1.82) is 0 Å². The van der Waals surface area contributed by atoms with Crippen LogP contribution in [0.25, 0.3) is 0 Å². The summed E-state index contributed by atoms with van der Waals surface area (Å²) in [7, 11) is 0. The van der Waals surface area contributed by atoms with Crippen LogP contribution in [0.1, 0.15) is 78.1 Å². The summed E-state index contributed by atoms with van der Waals surface area (Å²) in [5.74, 6) is 0.0161. The van der Waals surface area contributed by atoms with Crippen molar-refractivity contribution < 1.29 is 9.90 Å². The lowest BCUT2D eigenvalue weighted by Gasteiger charge is -2.09. The maximum absolute atomic E-state index is 11.5. The molecule has 1 atom stereocenters. The van der Waals surface area contributed by atoms with E-state index in [0.717, 1.165) is 32.1 Å². The fourth-order valence-electron chi connectivity index (χ4n) is 2.33. The SMILES string of the molecule is CCCCCC=CCC=CCC=CCC=CCCCC(=O)N[C@@H](C)CO. The summed E-state index contributed by atoms with van der Waals surface area (Å²) in [6.07, 6.45) is 28.0. The van der Waals surface area contributed by atoms with Crippen molar-refractivity contribution in [3.05, 3.63) is 48.6 Å². The summed E-state index contributed by atoms with van der Waals surface area (Å²) in [5, 5.41) is 11.6. The van der Waals surface area contributed by atoms with Crippen LogP contribution in [0.5, 0.6) is 0 Å². The van der Waals surface area contributed by atoms with Gasteiger partial charge in [-0.05, 0) is 51.9 Å². The molecule has 0 aromatic heterocycles.